The summed E-state index contributed by atoms with van der Waals surface area (Å²) in [7, 11) is 0. The van der Waals surface area contributed by atoms with E-state index in [1.807, 2.05) is 0 Å². The Hall–Kier alpha value is -2.92. The van der Waals surface area contributed by atoms with Crippen molar-refractivity contribution in [3.05, 3.63) is 82.7 Å². The summed E-state index contributed by atoms with van der Waals surface area (Å²) in [6, 6.07) is 18.6. The number of hydrogen-bond acceptors (Lipinski definition) is 5. The van der Waals surface area contributed by atoms with Crippen molar-refractivity contribution in [3.8, 4) is 0 Å². The summed E-state index contributed by atoms with van der Waals surface area (Å²) in [6.45, 7) is 8.60. The van der Waals surface area contributed by atoms with Crippen LogP contribution >= 0.6 is 0 Å². The zero-order valence-electron chi connectivity index (χ0n) is 21.5. The molecule has 36 heavy (non-hydrogen) atoms. The van der Waals surface area contributed by atoms with E-state index in [0.29, 0.717) is 5.41 Å². The molecule has 3 aliphatic heterocycles. The van der Waals surface area contributed by atoms with Gasteiger partial charge >= 0.3 is 0 Å². The molecule has 3 fully saturated rings. The third-order valence-corrected chi connectivity index (χ3v) is 9.53. The van der Waals surface area contributed by atoms with E-state index in [0.717, 1.165) is 51.6 Å². The Morgan fingerprint density at radius 2 is 1.53 bits per heavy atom. The minimum atomic E-state index is 0.200. The first kappa shape index (κ1) is 22.3. The van der Waals surface area contributed by atoms with Crippen molar-refractivity contribution >= 4 is 11.6 Å². The van der Waals surface area contributed by atoms with Crippen molar-refractivity contribution in [2.45, 2.75) is 57.4 Å². The molecule has 5 nitrogen and oxygen atoms in total. The van der Waals surface area contributed by atoms with Gasteiger partial charge in [-0.05, 0) is 80.9 Å². The maximum Gasteiger partial charge on any atom is 0.225 e. The van der Waals surface area contributed by atoms with Gasteiger partial charge in [0.25, 0.3) is 0 Å². The van der Waals surface area contributed by atoms with Gasteiger partial charge in [0.05, 0.1) is 12.2 Å². The fourth-order valence-electron chi connectivity index (χ4n) is 6.98. The summed E-state index contributed by atoms with van der Waals surface area (Å²) in [5.74, 6) is 0.931. The van der Waals surface area contributed by atoms with Crippen LogP contribution in [0.1, 0.15) is 60.1 Å². The van der Waals surface area contributed by atoms with E-state index >= 15 is 0 Å². The molecule has 1 saturated carbocycles. The normalized spacial score (nSPS) is 22.0. The Morgan fingerprint density at radius 3 is 2.19 bits per heavy atom. The maximum absolute atomic E-state index is 5.07. The van der Waals surface area contributed by atoms with Crippen molar-refractivity contribution in [1.82, 2.24) is 15.3 Å². The summed E-state index contributed by atoms with van der Waals surface area (Å²) in [5.41, 5.74) is 8.80. The Balaban J connectivity index is 1.07. The monoisotopic (exact) mass is 479 g/mol. The van der Waals surface area contributed by atoms with Crippen molar-refractivity contribution in [1.29, 1.82) is 0 Å². The van der Waals surface area contributed by atoms with Gasteiger partial charge in [-0.15, -0.1) is 0 Å². The lowest BCUT2D eigenvalue weighted by molar-refractivity contribution is 0.148. The molecule has 186 valence electrons. The van der Waals surface area contributed by atoms with Crippen LogP contribution in [0.5, 0.6) is 0 Å². The lowest BCUT2D eigenvalue weighted by Crippen LogP contribution is -2.60. The molecular formula is C31H37N5. The summed E-state index contributed by atoms with van der Waals surface area (Å²) in [5, 5.41) is 3.50. The molecule has 1 spiro atoms. The molecule has 4 heterocycles. The molecule has 0 bridgehead atoms. The lowest BCUT2D eigenvalue weighted by atomic mass is 9.60. The van der Waals surface area contributed by atoms with Gasteiger partial charge in [-0.3, -0.25) is 0 Å². The van der Waals surface area contributed by atoms with Crippen LogP contribution in [0.2, 0.25) is 0 Å². The third kappa shape index (κ3) is 3.71. The number of anilines is 2. The molecule has 2 aromatic carbocycles. The summed E-state index contributed by atoms with van der Waals surface area (Å²) in [4.78, 5) is 14.7. The van der Waals surface area contributed by atoms with Crippen molar-refractivity contribution in [2.24, 2.45) is 5.41 Å². The minimum Gasteiger partial charge on any atom is -0.365 e. The number of piperidine rings is 1. The second kappa shape index (κ2) is 8.58. The number of rotatable bonds is 4. The molecule has 0 amide bonds. The number of aromatic nitrogens is 2. The smallest absolute Gasteiger partial charge is 0.225 e. The summed E-state index contributed by atoms with van der Waals surface area (Å²) < 4.78 is 0. The third-order valence-electron chi connectivity index (χ3n) is 9.53. The molecule has 1 aromatic heterocycles. The van der Waals surface area contributed by atoms with Crippen LogP contribution in [0.25, 0.3) is 0 Å². The van der Waals surface area contributed by atoms with Gasteiger partial charge in [-0.2, -0.15) is 0 Å². The Kier molecular flexibility index (Phi) is 5.32. The van der Waals surface area contributed by atoms with Gasteiger partial charge in [-0.25, -0.2) is 9.97 Å². The number of benzene rings is 2. The zero-order chi connectivity index (χ0) is 24.2. The number of hydrogen-bond donors (Lipinski definition) is 1. The highest BCUT2D eigenvalue weighted by Crippen LogP contribution is 2.49. The second-order valence-electron chi connectivity index (χ2n) is 11.8. The maximum atomic E-state index is 5.07. The first-order valence-corrected chi connectivity index (χ1v) is 13.9. The Bertz CT molecular complexity index is 1230. The van der Waals surface area contributed by atoms with Gasteiger partial charge in [0, 0.05) is 42.3 Å². The van der Waals surface area contributed by atoms with Gasteiger partial charge in [0.1, 0.15) is 0 Å². The highest BCUT2D eigenvalue weighted by molar-refractivity contribution is 5.53. The first-order chi connectivity index (χ1) is 17.6. The highest BCUT2D eigenvalue weighted by Gasteiger charge is 2.44. The number of aryl methyl sites for hydroxylation is 1. The van der Waals surface area contributed by atoms with Crippen molar-refractivity contribution in [3.63, 3.8) is 0 Å². The van der Waals surface area contributed by atoms with E-state index in [2.05, 4.69) is 76.8 Å². The minimum absolute atomic E-state index is 0.200. The average Bonchev–Trinajstić information content (AvgIpc) is 2.88. The van der Waals surface area contributed by atoms with Gasteiger partial charge < -0.3 is 15.1 Å². The van der Waals surface area contributed by atoms with Gasteiger partial charge in [-0.1, -0.05) is 48.4 Å². The topological polar surface area (TPSA) is 44.3 Å². The fourth-order valence-corrected chi connectivity index (χ4v) is 6.98. The molecule has 0 unspecified atom stereocenters. The van der Waals surface area contributed by atoms with Gasteiger partial charge in [0.2, 0.25) is 5.95 Å². The second-order valence-corrected chi connectivity index (χ2v) is 11.8. The van der Waals surface area contributed by atoms with Crippen LogP contribution in [-0.2, 0) is 18.4 Å². The molecule has 4 aliphatic rings. The molecule has 7 rings (SSSR count). The van der Waals surface area contributed by atoms with Crippen molar-refractivity contribution in [2.75, 3.05) is 42.5 Å². The Labute approximate surface area is 215 Å². The fraction of sp³-hybridized carbons (Fsp3) is 0.484. The Morgan fingerprint density at radius 1 is 0.833 bits per heavy atom. The average molecular weight is 480 g/mol. The quantitative estimate of drug-likeness (QED) is 0.570. The first-order valence-electron chi connectivity index (χ1n) is 13.9. The molecule has 2 saturated heterocycles. The highest BCUT2D eigenvalue weighted by atomic mass is 15.3. The lowest BCUT2D eigenvalue weighted by Gasteiger charge is -2.52. The van der Waals surface area contributed by atoms with E-state index in [1.54, 1.807) is 0 Å². The molecule has 1 N–H and O–H groups in total. The number of nitrogens with one attached hydrogen (secondary N) is 1. The van der Waals surface area contributed by atoms with Crippen molar-refractivity contribution < 1.29 is 0 Å². The van der Waals surface area contributed by atoms with E-state index < -0.39 is 0 Å². The van der Waals surface area contributed by atoms with Crippen LogP contribution in [-0.4, -0.2) is 42.7 Å². The van der Waals surface area contributed by atoms with Crippen LogP contribution in [0, 0.1) is 12.3 Å². The van der Waals surface area contributed by atoms with E-state index in [4.69, 9.17) is 9.97 Å². The SMILES string of the molecule is Cc1ccc(C2(c3ccc(N4CCc5cnc(N6CC7(CCNCC7)C6)nc5C4)cc3)CCC2)cc1. The zero-order valence-corrected chi connectivity index (χ0v) is 21.5. The van der Waals surface area contributed by atoms with E-state index in [-0.39, 0.29) is 5.41 Å². The van der Waals surface area contributed by atoms with Gasteiger partial charge in [0.15, 0.2) is 0 Å². The largest absolute Gasteiger partial charge is 0.365 e. The summed E-state index contributed by atoms with van der Waals surface area (Å²) >= 11 is 0. The predicted molar refractivity (Wildman–Crippen MR) is 146 cm³/mol. The standard InChI is InChI=1S/C31H37N5/c1-23-3-5-25(6-4-23)31(12-2-13-31)26-7-9-27(10-8-26)35-18-11-24-19-33-29(34-28(24)20-35)36-21-30(22-36)14-16-32-17-15-30/h3-10,19,32H,2,11-18,20-22H2,1H3. The van der Waals surface area contributed by atoms with Crippen LogP contribution in [0.3, 0.4) is 0 Å². The predicted octanol–water partition coefficient (Wildman–Crippen LogP) is 5.01. The van der Waals surface area contributed by atoms with Crippen LogP contribution < -0.4 is 15.1 Å². The summed E-state index contributed by atoms with van der Waals surface area (Å²) in [6.07, 6.45) is 9.48. The molecule has 1 aliphatic carbocycles. The molecule has 0 radical (unpaired) electrons. The molecule has 3 aromatic rings. The number of nitrogens with zero attached hydrogens (tertiary/aromatic N) is 4. The van der Waals surface area contributed by atoms with Crippen LogP contribution in [0.4, 0.5) is 11.6 Å². The molecule has 5 heteroatoms. The van der Waals surface area contributed by atoms with E-state index in [1.165, 1.54) is 65.7 Å². The molecule has 0 atom stereocenters. The molecular weight excluding hydrogens is 442 g/mol. The van der Waals surface area contributed by atoms with Crippen LogP contribution in [0.15, 0.2) is 54.7 Å². The number of fused-ring (bicyclic) bond motifs is 1. The van der Waals surface area contributed by atoms with E-state index in [9.17, 15) is 0 Å².